The Kier molecular flexibility index (Phi) is 7.29. The quantitative estimate of drug-likeness (QED) is 0.799. The van der Waals surface area contributed by atoms with Crippen LogP contribution in [0.1, 0.15) is 33.3 Å². The van der Waals surface area contributed by atoms with Crippen LogP contribution < -0.4 is 9.47 Å². The summed E-state index contributed by atoms with van der Waals surface area (Å²) in [5.41, 5.74) is 1.04. The number of ether oxygens (including phenoxy) is 2. The van der Waals surface area contributed by atoms with Gasteiger partial charge in [-0.05, 0) is 45.4 Å². The fourth-order valence-corrected chi connectivity index (χ4v) is 2.52. The van der Waals surface area contributed by atoms with Crippen molar-refractivity contribution in [3.05, 3.63) is 22.7 Å². The predicted molar refractivity (Wildman–Crippen MR) is 86.4 cm³/mol. The number of benzene rings is 1. The highest BCUT2D eigenvalue weighted by Crippen LogP contribution is 2.36. The molecule has 1 N–H and O–H groups in total. The number of methoxy groups -OCH3 is 1. The van der Waals surface area contributed by atoms with Crippen LogP contribution in [0.5, 0.6) is 11.5 Å². The van der Waals surface area contributed by atoms with Crippen LogP contribution in [-0.4, -0.2) is 42.4 Å². The van der Waals surface area contributed by atoms with E-state index in [0.29, 0.717) is 42.3 Å². The molecule has 0 saturated carbocycles. The highest BCUT2D eigenvalue weighted by Gasteiger charge is 2.16. The van der Waals surface area contributed by atoms with E-state index >= 15 is 0 Å². The van der Waals surface area contributed by atoms with E-state index < -0.39 is 0 Å². The molecular formula is C16H26ClNO3. The summed E-state index contributed by atoms with van der Waals surface area (Å²) in [5.74, 6) is 1.22. The zero-order chi connectivity index (χ0) is 16.0. The standard InChI is InChI=1S/C16H26ClNO3/c1-6-21-15-8-13(7-14(17)16(15)20-5)10-18(11(2)3)9-12(4)19/h7-8,11-12,19H,6,9-10H2,1-5H3. The van der Waals surface area contributed by atoms with Crippen LogP contribution in [0.25, 0.3) is 0 Å². The number of hydrogen-bond acceptors (Lipinski definition) is 4. The molecule has 1 rings (SSSR count). The maximum Gasteiger partial charge on any atom is 0.179 e. The minimum absolute atomic E-state index is 0.330. The van der Waals surface area contributed by atoms with Crippen molar-refractivity contribution >= 4 is 11.6 Å². The summed E-state index contributed by atoms with van der Waals surface area (Å²) in [4.78, 5) is 2.19. The molecule has 1 atom stereocenters. The van der Waals surface area contributed by atoms with E-state index in [1.165, 1.54) is 0 Å². The van der Waals surface area contributed by atoms with Crippen molar-refractivity contribution < 1.29 is 14.6 Å². The molecule has 0 aliphatic carbocycles. The van der Waals surface area contributed by atoms with Gasteiger partial charge in [-0.25, -0.2) is 0 Å². The molecule has 1 unspecified atom stereocenters. The number of halogens is 1. The maximum atomic E-state index is 9.61. The average Bonchev–Trinajstić information content (AvgIpc) is 2.37. The van der Waals surface area contributed by atoms with Crippen LogP contribution in [0.2, 0.25) is 5.02 Å². The fraction of sp³-hybridized carbons (Fsp3) is 0.625. The Balaban J connectivity index is 3.01. The molecule has 0 fully saturated rings. The molecule has 0 radical (unpaired) electrons. The highest BCUT2D eigenvalue weighted by molar-refractivity contribution is 6.32. The fourth-order valence-electron chi connectivity index (χ4n) is 2.21. The van der Waals surface area contributed by atoms with Gasteiger partial charge in [0.2, 0.25) is 0 Å². The van der Waals surface area contributed by atoms with Crippen molar-refractivity contribution in [2.75, 3.05) is 20.3 Å². The summed E-state index contributed by atoms with van der Waals surface area (Å²) in [6.07, 6.45) is -0.368. The summed E-state index contributed by atoms with van der Waals surface area (Å²) in [6.45, 7) is 9.80. The van der Waals surface area contributed by atoms with Crippen LogP contribution in [0.15, 0.2) is 12.1 Å². The van der Waals surface area contributed by atoms with Crippen molar-refractivity contribution in [2.45, 2.75) is 46.4 Å². The number of aliphatic hydroxyl groups is 1. The van der Waals surface area contributed by atoms with E-state index in [2.05, 4.69) is 18.7 Å². The number of aliphatic hydroxyl groups excluding tert-OH is 1. The second kappa shape index (κ2) is 8.47. The van der Waals surface area contributed by atoms with Crippen LogP contribution in [0.3, 0.4) is 0 Å². The second-order valence-electron chi connectivity index (χ2n) is 5.41. The molecule has 0 saturated heterocycles. The molecule has 0 bridgehead atoms. The monoisotopic (exact) mass is 315 g/mol. The van der Waals surface area contributed by atoms with Gasteiger partial charge in [0.05, 0.1) is 24.8 Å². The van der Waals surface area contributed by atoms with Gasteiger partial charge in [0.1, 0.15) is 0 Å². The van der Waals surface area contributed by atoms with Crippen LogP contribution in [0, 0.1) is 0 Å². The van der Waals surface area contributed by atoms with E-state index in [1.807, 2.05) is 19.1 Å². The molecule has 0 spiro atoms. The summed E-state index contributed by atoms with van der Waals surface area (Å²) < 4.78 is 10.9. The Morgan fingerprint density at radius 1 is 1.29 bits per heavy atom. The molecule has 0 aliphatic heterocycles. The second-order valence-corrected chi connectivity index (χ2v) is 5.82. The molecule has 0 aliphatic rings. The Bertz CT molecular complexity index is 449. The van der Waals surface area contributed by atoms with Crippen LogP contribution in [-0.2, 0) is 6.54 Å². The molecule has 4 nitrogen and oxygen atoms in total. The Labute approximate surface area is 132 Å². The van der Waals surface area contributed by atoms with Crippen molar-refractivity contribution in [1.29, 1.82) is 0 Å². The van der Waals surface area contributed by atoms with Gasteiger partial charge < -0.3 is 14.6 Å². The SMILES string of the molecule is CCOc1cc(CN(CC(C)O)C(C)C)cc(Cl)c1OC. The predicted octanol–water partition coefficient (Wildman–Crippen LogP) is 3.34. The molecule has 120 valence electrons. The van der Waals surface area contributed by atoms with Crippen molar-refractivity contribution in [1.82, 2.24) is 4.90 Å². The van der Waals surface area contributed by atoms with Gasteiger partial charge >= 0.3 is 0 Å². The lowest BCUT2D eigenvalue weighted by atomic mass is 10.1. The molecule has 0 heterocycles. The molecule has 1 aromatic rings. The molecular weight excluding hydrogens is 290 g/mol. The minimum Gasteiger partial charge on any atom is -0.491 e. The van der Waals surface area contributed by atoms with Gasteiger partial charge in [0, 0.05) is 19.1 Å². The van der Waals surface area contributed by atoms with Crippen LogP contribution >= 0.6 is 11.6 Å². The zero-order valence-corrected chi connectivity index (χ0v) is 14.3. The average molecular weight is 316 g/mol. The number of hydrogen-bond donors (Lipinski definition) is 1. The summed E-state index contributed by atoms with van der Waals surface area (Å²) >= 11 is 6.27. The van der Waals surface area contributed by atoms with Gasteiger partial charge in [0.15, 0.2) is 11.5 Å². The van der Waals surface area contributed by atoms with E-state index in [-0.39, 0.29) is 6.10 Å². The largest absolute Gasteiger partial charge is 0.491 e. The van der Waals surface area contributed by atoms with Crippen molar-refractivity contribution in [3.8, 4) is 11.5 Å². The van der Waals surface area contributed by atoms with E-state index in [9.17, 15) is 5.11 Å². The van der Waals surface area contributed by atoms with E-state index in [0.717, 1.165) is 5.56 Å². The Morgan fingerprint density at radius 2 is 1.95 bits per heavy atom. The van der Waals surface area contributed by atoms with Gasteiger partial charge in [0.25, 0.3) is 0 Å². The zero-order valence-electron chi connectivity index (χ0n) is 13.5. The summed E-state index contributed by atoms with van der Waals surface area (Å²) in [7, 11) is 1.58. The normalized spacial score (nSPS) is 12.8. The molecule has 1 aromatic carbocycles. The maximum absolute atomic E-state index is 9.61. The first-order valence-corrected chi connectivity index (χ1v) is 7.68. The third-order valence-corrected chi connectivity index (χ3v) is 3.47. The molecule has 0 aromatic heterocycles. The number of rotatable bonds is 8. The highest BCUT2D eigenvalue weighted by atomic mass is 35.5. The first-order chi connectivity index (χ1) is 9.88. The van der Waals surface area contributed by atoms with Gasteiger partial charge in [-0.3, -0.25) is 4.90 Å². The first kappa shape index (κ1) is 18.1. The first-order valence-electron chi connectivity index (χ1n) is 7.30. The minimum atomic E-state index is -0.368. The Hall–Kier alpha value is -0.970. The summed E-state index contributed by atoms with van der Waals surface area (Å²) in [5, 5.41) is 10.2. The lowest BCUT2D eigenvalue weighted by molar-refractivity contribution is 0.103. The third-order valence-electron chi connectivity index (χ3n) is 3.19. The van der Waals surface area contributed by atoms with Gasteiger partial charge in [-0.2, -0.15) is 0 Å². The lowest BCUT2D eigenvalue weighted by Gasteiger charge is -2.28. The topological polar surface area (TPSA) is 41.9 Å². The van der Waals surface area contributed by atoms with Gasteiger partial charge in [-0.15, -0.1) is 0 Å². The van der Waals surface area contributed by atoms with E-state index in [1.54, 1.807) is 14.0 Å². The molecule has 0 amide bonds. The van der Waals surface area contributed by atoms with Crippen molar-refractivity contribution in [2.24, 2.45) is 0 Å². The summed E-state index contributed by atoms with van der Waals surface area (Å²) in [6, 6.07) is 4.17. The lowest BCUT2D eigenvalue weighted by Crippen LogP contribution is -2.36. The van der Waals surface area contributed by atoms with Crippen molar-refractivity contribution in [3.63, 3.8) is 0 Å². The third kappa shape index (κ3) is 5.38. The Morgan fingerprint density at radius 3 is 2.43 bits per heavy atom. The number of nitrogens with zero attached hydrogens (tertiary/aromatic N) is 1. The molecule has 5 heteroatoms. The van der Waals surface area contributed by atoms with Gasteiger partial charge in [-0.1, -0.05) is 11.6 Å². The smallest absolute Gasteiger partial charge is 0.179 e. The van der Waals surface area contributed by atoms with E-state index in [4.69, 9.17) is 21.1 Å². The molecule has 21 heavy (non-hydrogen) atoms. The van der Waals surface area contributed by atoms with Crippen LogP contribution in [0.4, 0.5) is 0 Å².